The molecule has 19 heavy (non-hydrogen) atoms. The van der Waals surface area contributed by atoms with Crippen LogP contribution in [0.15, 0.2) is 35.0 Å². The Labute approximate surface area is 117 Å². The zero-order chi connectivity index (χ0) is 13.4. The number of hydrogen-bond acceptors (Lipinski definition) is 5. The first-order valence-electron chi connectivity index (χ1n) is 5.57. The van der Waals surface area contributed by atoms with Crippen molar-refractivity contribution in [3.63, 3.8) is 0 Å². The first-order valence-corrected chi connectivity index (χ1v) is 7.33. The normalized spacial score (nSPS) is 10.8. The van der Waals surface area contributed by atoms with Gasteiger partial charge in [-0.3, -0.25) is 0 Å². The average Bonchev–Trinajstić information content (AvgIpc) is 3.08. The number of fused-ring (bicyclic) bond motifs is 1. The lowest BCUT2D eigenvalue weighted by molar-refractivity contribution is 0.0599. The number of esters is 1. The molecule has 3 nitrogen and oxygen atoms in total. The van der Waals surface area contributed by atoms with Crippen LogP contribution in [0.2, 0.25) is 0 Å². The minimum atomic E-state index is -0.517. The molecule has 0 amide bonds. The summed E-state index contributed by atoms with van der Waals surface area (Å²) in [6, 6.07) is 7.68. The van der Waals surface area contributed by atoms with E-state index in [0.717, 1.165) is 10.3 Å². The van der Waals surface area contributed by atoms with Crippen LogP contribution in [-0.2, 0) is 4.74 Å². The Bertz CT molecular complexity index is 741. The van der Waals surface area contributed by atoms with Crippen molar-refractivity contribution in [2.75, 3.05) is 7.11 Å². The van der Waals surface area contributed by atoms with E-state index in [1.807, 2.05) is 35.0 Å². The lowest BCUT2D eigenvalue weighted by Crippen LogP contribution is -2.03. The van der Waals surface area contributed by atoms with Gasteiger partial charge in [-0.2, -0.15) is 0 Å². The van der Waals surface area contributed by atoms with Gasteiger partial charge < -0.3 is 9.84 Å². The molecule has 0 aliphatic carbocycles. The molecule has 2 heterocycles. The molecular weight excluding hydrogens is 280 g/mol. The molecule has 5 heteroatoms. The van der Waals surface area contributed by atoms with Crippen molar-refractivity contribution in [2.45, 2.75) is 0 Å². The second kappa shape index (κ2) is 4.68. The highest BCUT2D eigenvalue weighted by atomic mass is 32.1. The minimum Gasteiger partial charge on any atom is -0.506 e. The molecule has 0 aliphatic rings. The smallest absolute Gasteiger partial charge is 0.342 e. The maximum absolute atomic E-state index is 11.9. The average molecular weight is 290 g/mol. The number of hydrogen-bond donors (Lipinski definition) is 1. The molecule has 3 rings (SSSR count). The molecule has 2 aromatic heterocycles. The third-order valence-electron chi connectivity index (χ3n) is 2.89. The summed E-state index contributed by atoms with van der Waals surface area (Å²) in [4.78, 5) is 12.9. The SMILES string of the molecule is COC(=O)c1c(-c2cccs2)cc2ccsc2c1O. The molecule has 0 bridgehead atoms. The number of carbonyl (C=O) groups excluding carboxylic acids is 1. The molecule has 0 fully saturated rings. The van der Waals surface area contributed by atoms with E-state index in [1.54, 1.807) is 0 Å². The van der Waals surface area contributed by atoms with Crippen molar-refractivity contribution < 1.29 is 14.6 Å². The lowest BCUT2D eigenvalue weighted by Gasteiger charge is -2.09. The molecule has 1 N–H and O–H groups in total. The number of rotatable bonds is 2. The molecule has 0 atom stereocenters. The summed E-state index contributed by atoms with van der Waals surface area (Å²) in [6.07, 6.45) is 0. The van der Waals surface area contributed by atoms with Gasteiger partial charge in [-0.15, -0.1) is 22.7 Å². The number of aromatic hydroxyl groups is 1. The zero-order valence-corrected chi connectivity index (χ0v) is 11.7. The summed E-state index contributed by atoms with van der Waals surface area (Å²) in [6.45, 7) is 0. The first-order chi connectivity index (χ1) is 9.22. The van der Waals surface area contributed by atoms with Gasteiger partial charge in [-0.1, -0.05) is 6.07 Å². The highest BCUT2D eigenvalue weighted by Gasteiger charge is 2.22. The Balaban J connectivity index is 2.38. The molecule has 0 radical (unpaired) electrons. The standard InChI is InChI=1S/C14H10O3S2/c1-17-14(16)11-9(10-3-2-5-18-10)7-8-4-6-19-13(8)12(11)15/h2-7,15H,1H3. The maximum Gasteiger partial charge on any atom is 0.342 e. The fraction of sp³-hybridized carbons (Fsp3) is 0.0714. The van der Waals surface area contributed by atoms with Crippen LogP contribution in [0.3, 0.4) is 0 Å². The highest BCUT2D eigenvalue weighted by molar-refractivity contribution is 7.17. The van der Waals surface area contributed by atoms with Gasteiger partial charge in [-0.25, -0.2) is 4.79 Å². The van der Waals surface area contributed by atoms with Crippen molar-refractivity contribution in [3.05, 3.63) is 40.6 Å². The quantitative estimate of drug-likeness (QED) is 0.722. The Morgan fingerprint density at radius 2 is 2.11 bits per heavy atom. The lowest BCUT2D eigenvalue weighted by atomic mass is 10.0. The Kier molecular flexibility index (Phi) is 3.00. The monoisotopic (exact) mass is 290 g/mol. The zero-order valence-electron chi connectivity index (χ0n) is 10.0. The fourth-order valence-electron chi connectivity index (χ4n) is 2.03. The highest BCUT2D eigenvalue weighted by Crippen LogP contribution is 2.41. The van der Waals surface area contributed by atoms with Crippen LogP contribution in [0.25, 0.3) is 20.5 Å². The van der Waals surface area contributed by atoms with Crippen LogP contribution < -0.4 is 0 Å². The van der Waals surface area contributed by atoms with Gasteiger partial charge in [0.15, 0.2) is 0 Å². The molecule has 0 spiro atoms. The molecule has 3 aromatic rings. The van der Waals surface area contributed by atoms with Gasteiger partial charge in [0.1, 0.15) is 11.3 Å². The minimum absolute atomic E-state index is 0.00255. The van der Waals surface area contributed by atoms with Crippen molar-refractivity contribution in [3.8, 4) is 16.2 Å². The largest absolute Gasteiger partial charge is 0.506 e. The van der Waals surface area contributed by atoms with Gasteiger partial charge >= 0.3 is 5.97 Å². The second-order valence-corrected chi connectivity index (χ2v) is 5.82. The number of carbonyl (C=O) groups is 1. The van der Waals surface area contributed by atoms with Crippen molar-refractivity contribution >= 4 is 38.7 Å². The van der Waals surface area contributed by atoms with Crippen LogP contribution >= 0.6 is 22.7 Å². The maximum atomic E-state index is 11.9. The van der Waals surface area contributed by atoms with E-state index >= 15 is 0 Å². The van der Waals surface area contributed by atoms with E-state index < -0.39 is 5.97 Å². The summed E-state index contributed by atoms with van der Waals surface area (Å²) < 4.78 is 5.50. The van der Waals surface area contributed by atoms with E-state index in [2.05, 4.69) is 0 Å². The van der Waals surface area contributed by atoms with Crippen LogP contribution in [-0.4, -0.2) is 18.2 Å². The second-order valence-electron chi connectivity index (χ2n) is 3.96. The van der Waals surface area contributed by atoms with Gasteiger partial charge in [0.25, 0.3) is 0 Å². The molecule has 0 unspecified atom stereocenters. The van der Waals surface area contributed by atoms with Crippen LogP contribution in [0.4, 0.5) is 0 Å². The van der Waals surface area contributed by atoms with E-state index in [9.17, 15) is 9.90 Å². The number of phenolic OH excluding ortho intramolecular Hbond substituents is 1. The first kappa shape index (κ1) is 12.2. The van der Waals surface area contributed by atoms with Gasteiger partial charge in [0.2, 0.25) is 0 Å². The topological polar surface area (TPSA) is 46.5 Å². The van der Waals surface area contributed by atoms with Crippen LogP contribution in [0.1, 0.15) is 10.4 Å². The Hall–Kier alpha value is -1.85. The summed E-state index contributed by atoms with van der Waals surface area (Å²) in [7, 11) is 1.32. The van der Waals surface area contributed by atoms with E-state index in [-0.39, 0.29) is 11.3 Å². The van der Waals surface area contributed by atoms with Crippen molar-refractivity contribution in [1.29, 1.82) is 0 Å². The predicted octanol–water partition coefficient (Wildman–Crippen LogP) is 4.12. The number of thiophene rings is 2. The number of ether oxygens (including phenoxy) is 1. The Morgan fingerprint density at radius 3 is 2.79 bits per heavy atom. The molecule has 96 valence electrons. The third-order valence-corrected chi connectivity index (χ3v) is 4.73. The van der Waals surface area contributed by atoms with Gasteiger partial charge in [0.05, 0.1) is 11.8 Å². The van der Waals surface area contributed by atoms with Gasteiger partial charge in [-0.05, 0) is 34.3 Å². The molecule has 0 saturated heterocycles. The van der Waals surface area contributed by atoms with Crippen molar-refractivity contribution in [2.24, 2.45) is 0 Å². The third kappa shape index (κ3) is 1.91. The number of benzene rings is 1. The summed E-state index contributed by atoms with van der Waals surface area (Å²) in [5.74, 6) is -0.515. The number of phenols is 1. The predicted molar refractivity (Wildman–Crippen MR) is 78.1 cm³/mol. The van der Waals surface area contributed by atoms with E-state index in [4.69, 9.17) is 4.74 Å². The van der Waals surface area contributed by atoms with Gasteiger partial charge in [0, 0.05) is 10.4 Å². The van der Waals surface area contributed by atoms with Crippen LogP contribution in [0.5, 0.6) is 5.75 Å². The molecule has 1 aromatic carbocycles. The van der Waals surface area contributed by atoms with Crippen LogP contribution in [0, 0.1) is 0 Å². The van der Waals surface area contributed by atoms with E-state index in [0.29, 0.717) is 10.3 Å². The Morgan fingerprint density at radius 1 is 1.26 bits per heavy atom. The van der Waals surface area contributed by atoms with E-state index in [1.165, 1.54) is 29.8 Å². The summed E-state index contributed by atoms with van der Waals surface area (Å²) in [5.41, 5.74) is 0.949. The fourth-order valence-corrected chi connectivity index (χ4v) is 3.61. The molecule has 0 saturated carbocycles. The molecular formula is C14H10O3S2. The van der Waals surface area contributed by atoms with Crippen molar-refractivity contribution in [1.82, 2.24) is 0 Å². The molecule has 0 aliphatic heterocycles. The summed E-state index contributed by atoms with van der Waals surface area (Å²) >= 11 is 2.93. The summed E-state index contributed by atoms with van der Waals surface area (Å²) in [5, 5.41) is 15.1. The number of methoxy groups -OCH3 is 1.